The summed E-state index contributed by atoms with van der Waals surface area (Å²) in [7, 11) is 3.68. The summed E-state index contributed by atoms with van der Waals surface area (Å²) in [5, 5.41) is 6.02. The van der Waals surface area contributed by atoms with Gasteiger partial charge in [-0.2, -0.15) is 0 Å². The lowest BCUT2D eigenvalue weighted by atomic mass is 10.1. The summed E-state index contributed by atoms with van der Waals surface area (Å²) in [5.74, 6) is 0.658. The van der Waals surface area contributed by atoms with Crippen molar-refractivity contribution in [3.8, 4) is 0 Å². The molecular formula is C17H28N4O. The summed E-state index contributed by atoms with van der Waals surface area (Å²) in [4.78, 5) is 18.1. The van der Waals surface area contributed by atoms with Crippen LogP contribution in [0.15, 0.2) is 29.3 Å². The predicted octanol–water partition coefficient (Wildman–Crippen LogP) is 1.92. The Morgan fingerprint density at radius 3 is 2.45 bits per heavy atom. The average Bonchev–Trinajstić information content (AvgIpc) is 2.40. The zero-order chi connectivity index (χ0) is 16.8. The second-order valence-electron chi connectivity index (χ2n) is 6.48. The zero-order valence-corrected chi connectivity index (χ0v) is 14.5. The average molecular weight is 304 g/mol. The molecule has 0 saturated heterocycles. The van der Waals surface area contributed by atoms with Crippen LogP contribution in [0.1, 0.15) is 31.9 Å². The van der Waals surface area contributed by atoms with Crippen molar-refractivity contribution < 1.29 is 4.79 Å². The number of carbonyl (C=O) groups excluding carboxylic acids is 1. The van der Waals surface area contributed by atoms with Crippen LogP contribution in [0.25, 0.3) is 0 Å². The summed E-state index contributed by atoms with van der Waals surface area (Å²) in [6.45, 7) is 8.93. The Balaban J connectivity index is 2.58. The molecule has 0 atom stereocenters. The van der Waals surface area contributed by atoms with Gasteiger partial charge in [0.2, 0.25) is 5.91 Å². The number of hydrogen-bond donors (Lipinski definition) is 2. The van der Waals surface area contributed by atoms with Gasteiger partial charge in [-0.15, -0.1) is 0 Å². The molecule has 5 heteroatoms. The van der Waals surface area contributed by atoms with Crippen LogP contribution in [0.2, 0.25) is 0 Å². The molecule has 1 amide bonds. The summed E-state index contributed by atoms with van der Waals surface area (Å²) in [6.07, 6.45) is 0. The van der Waals surface area contributed by atoms with E-state index in [1.54, 1.807) is 7.05 Å². The number of nitrogens with one attached hydrogen (secondary N) is 2. The van der Waals surface area contributed by atoms with E-state index in [1.165, 1.54) is 11.1 Å². The summed E-state index contributed by atoms with van der Waals surface area (Å²) >= 11 is 0. The molecule has 0 aromatic heterocycles. The van der Waals surface area contributed by atoms with E-state index in [-0.39, 0.29) is 18.0 Å². The van der Waals surface area contributed by atoms with Crippen molar-refractivity contribution in [1.29, 1.82) is 0 Å². The molecular weight excluding hydrogens is 276 g/mol. The second-order valence-corrected chi connectivity index (χ2v) is 6.48. The van der Waals surface area contributed by atoms with Crippen LogP contribution in [-0.2, 0) is 11.3 Å². The van der Waals surface area contributed by atoms with Crippen molar-refractivity contribution in [3.05, 3.63) is 35.4 Å². The number of aliphatic imine (C=N–C) groups is 1. The van der Waals surface area contributed by atoms with Crippen molar-refractivity contribution in [2.24, 2.45) is 4.99 Å². The minimum absolute atomic E-state index is 0.0436. The molecule has 0 heterocycles. The van der Waals surface area contributed by atoms with E-state index in [2.05, 4.69) is 34.7 Å². The maximum absolute atomic E-state index is 11.9. The van der Waals surface area contributed by atoms with Gasteiger partial charge in [-0.3, -0.25) is 9.79 Å². The standard InChI is InChI=1S/C17H28N4O/c1-13-9-7-8-10-14(13)12-21(6)16(18-5)19-11-15(22)20-17(2,3)4/h7-10H,11-12H2,1-6H3,(H,18,19)(H,20,22). The topological polar surface area (TPSA) is 56.7 Å². The summed E-state index contributed by atoms with van der Waals surface area (Å²) < 4.78 is 0. The fourth-order valence-electron chi connectivity index (χ4n) is 2.12. The lowest BCUT2D eigenvalue weighted by Gasteiger charge is -2.24. The smallest absolute Gasteiger partial charge is 0.239 e. The van der Waals surface area contributed by atoms with Crippen molar-refractivity contribution >= 4 is 11.9 Å². The molecule has 0 radical (unpaired) electrons. The number of guanidine groups is 1. The van der Waals surface area contributed by atoms with Gasteiger partial charge in [0.05, 0.1) is 6.54 Å². The molecule has 0 saturated carbocycles. The van der Waals surface area contributed by atoms with Gasteiger partial charge in [0.25, 0.3) is 0 Å². The molecule has 0 aliphatic heterocycles. The number of aryl methyl sites for hydroxylation is 1. The monoisotopic (exact) mass is 304 g/mol. The van der Waals surface area contributed by atoms with Gasteiger partial charge in [-0.05, 0) is 38.8 Å². The SMILES string of the molecule is CN=C(NCC(=O)NC(C)(C)C)N(C)Cc1ccccc1C. The third-order valence-corrected chi connectivity index (χ3v) is 3.16. The molecule has 22 heavy (non-hydrogen) atoms. The normalized spacial score (nSPS) is 12.0. The molecule has 0 aliphatic rings. The first-order valence-electron chi connectivity index (χ1n) is 7.50. The number of hydrogen-bond acceptors (Lipinski definition) is 2. The minimum atomic E-state index is -0.227. The van der Waals surface area contributed by atoms with E-state index in [9.17, 15) is 4.79 Å². The molecule has 0 unspecified atom stereocenters. The van der Waals surface area contributed by atoms with E-state index in [4.69, 9.17) is 0 Å². The first-order chi connectivity index (χ1) is 10.2. The van der Waals surface area contributed by atoms with Crippen LogP contribution in [0.3, 0.4) is 0 Å². The quantitative estimate of drug-likeness (QED) is 0.660. The van der Waals surface area contributed by atoms with Crippen molar-refractivity contribution in [2.75, 3.05) is 20.6 Å². The van der Waals surface area contributed by atoms with Crippen LogP contribution in [-0.4, -0.2) is 42.9 Å². The Kier molecular flexibility index (Phi) is 6.40. The van der Waals surface area contributed by atoms with Crippen molar-refractivity contribution in [1.82, 2.24) is 15.5 Å². The fraction of sp³-hybridized carbons (Fsp3) is 0.529. The highest BCUT2D eigenvalue weighted by Gasteiger charge is 2.15. The Morgan fingerprint density at radius 2 is 1.91 bits per heavy atom. The second kappa shape index (κ2) is 7.82. The maximum Gasteiger partial charge on any atom is 0.239 e. The third kappa shape index (κ3) is 6.16. The van der Waals surface area contributed by atoms with Gasteiger partial charge in [-0.25, -0.2) is 0 Å². The van der Waals surface area contributed by atoms with Crippen molar-refractivity contribution in [3.63, 3.8) is 0 Å². The number of rotatable bonds is 4. The van der Waals surface area contributed by atoms with Gasteiger partial charge in [-0.1, -0.05) is 24.3 Å². The van der Waals surface area contributed by atoms with Crippen molar-refractivity contribution in [2.45, 2.75) is 39.8 Å². The first kappa shape index (κ1) is 18.0. The van der Waals surface area contributed by atoms with Crippen LogP contribution in [0.5, 0.6) is 0 Å². The Hall–Kier alpha value is -2.04. The number of carbonyl (C=O) groups is 1. The minimum Gasteiger partial charge on any atom is -0.350 e. The molecule has 0 bridgehead atoms. The molecule has 0 aliphatic carbocycles. The Bertz CT molecular complexity index is 532. The first-order valence-corrected chi connectivity index (χ1v) is 7.50. The highest BCUT2D eigenvalue weighted by atomic mass is 16.2. The zero-order valence-electron chi connectivity index (χ0n) is 14.5. The van der Waals surface area contributed by atoms with Crippen LogP contribution >= 0.6 is 0 Å². The summed E-state index contributed by atoms with van der Waals surface area (Å²) in [5.41, 5.74) is 2.26. The molecule has 1 rings (SSSR count). The third-order valence-electron chi connectivity index (χ3n) is 3.16. The fourth-order valence-corrected chi connectivity index (χ4v) is 2.12. The highest BCUT2D eigenvalue weighted by Crippen LogP contribution is 2.09. The van der Waals surface area contributed by atoms with Gasteiger partial charge in [0.1, 0.15) is 0 Å². The lowest BCUT2D eigenvalue weighted by Crippen LogP contribution is -2.48. The van der Waals surface area contributed by atoms with Gasteiger partial charge < -0.3 is 15.5 Å². The summed E-state index contributed by atoms with van der Waals surface area (Å²) in [6, 6.07) is 8.26. The van der Waals surface area contributed by atoms with Gasteiger partial charge in [0, 0.05) is 26.2 Å². The largest absolute Gasteiger partial charge is 0.350 e. The van der Waals surface area contributed by atoms with Gasteiger partial charge in [0.15, 0.2) is 5.96 Å². The molecule has 0 spiro atoms. The van der Waals surface area contributed by atoms with E-state index < -0.39 is 0 Å². The predicted molar refractivity (Wildman–Crippen MR) is 91.9 cm³/mol. The molecule has 0 fully saturated rings. The lowest BCUT2D eigenvalue weighted by molar-refractivity contribution is -0.121. The van der Waals surface area contributed by atoms with E-state index in [0.717, 1.165) is 6.54 Å². The molecule has 122 valence electrons. The molecule has 5 nitrogen and oxygen atoms in total. The molecule has 1 aromatic rings. The molecule has 1 aromatic carbocycles. The molecule has 2 N–H and O–H groups in total. The van der Waals surface area contributed by atoms with Crippen LogP contribution < -0.4 is 10.6 Å². The highest BCUT2D eigenvalue weighted by molar-refractivity contribution is 5.86. The van der Waals surface area contributed by atoms with Crippen LogP contribution in [0, 0.1) is 6.92 Å². The number of amides is 1. The number of benzene rings is 1. The van der Waals surface area contributed by atoms with E-state index in [0.29, 0.717) is 5.96 Å². The van der Waals surface area contributed by atoms with Crippen LogP contribution in [0.4, 0.5) is 0 Å². The van der Waals surface area contributed by atoms with E-state index in [1.807, 2.05) is 44.9 Å². The van der Waals surface area contributed by atoms with Gasteiger partial charge >= 0.3 is 0 Å². The number of nitrogens with zero attached hydrogens (tertiary/aromatic N) is 2. The maximum atomic E-state index is 11.9. The Morgan fingerprint density at radius 1 is 1.27 bits per heavy atom. The Labute approximate surface area is 133 Å². The van der Waals surface area contributed by atoms with E-state index >= 15 is 0 Å².